The molecule has 102 valence electrons. The lowest BCUT2D eigenvalue weighted by molar-refractivity contribution is 0.0759. The maximum absolute atomic E-state index is 12.1. The Balaban J connectivity index is 2.90. The van der Waals surface area contributed by atoms with E-state index < -0.39 is 21.9 Å². The zero-order chi connectivity index (χ0) is 13.8. The van der Waals surface area contributed by atoms with Gasteiger partial charge in [0.1, 0.15) is 0 Å². The monoisotopic (exact) mass is 272 g/mol. The van der Waals surface area contributed by atoms with Crippen molar-refractivity contribution in [2.45, 2.75) is 31.3 Å². The molecule has 1 aromatic carbocycles. The average molecular weight is 272 g/mol. The van der Waals surface area contributed by atoms with Crippen molar-refractivity contribution in [3.05, 3.63) is 29.8 Å². The fourth-order valence-electron chi connectivity index (χ4n) is 1.74. The number of aliphatic hydroxyl groups is 2. The molecule has 1 rings (SSSR count). The van der Waals surface area contributed by atoms with E-state index in [1.807, 2.05) is 6.92 Å². The largest absolute Gasteiger partial charge is 0.396 e. The fourth-order valence-corrected chi connectivity index (χ4v) is 3.38. The van der Waals surface area contributed by atoms with Crippen molar-refractivity contribution < 1.29 is 18.6 Å². The lowest BCUT2D eigenvalue weighted by atomic mass is 10.0. The van der Waals surface area contributed by atoms with E-state index in [1.165, 1.54) is 0 Å². The number of benzene rings is 1. The number of aryl methyl sites for hydroxylation is 1. The first-order valence-corrected chi connectivity index (χ1v) is 7.64. The third kappa shape index (κ3) is 3.80. The van der Waals surface area contributed by atoms with E-state index in [-0.39, 0.29) is 17.3 Å². The van der Waals surface area contributed by atoms with Gasteiger partial charge in [0.25, 0.3) is 0 Å². The highest BCUT2D eigenvalue weighted by Crippen LogP contribution is 2.18. The molecule has 2 atom stereocenters. The summed E-state index contributed by atoms with van der Waals surface area (Å²) in [6.45, 7) is 3.31. The van der Waals surface area contributed by atoms with Crippen LogP contribution in [0.15, 0.2) is 29.2 Å². The predicted molar refractivity (Wildman–Crippen MR) is 70.1 cm³/mol. The molecule has 0 heterocycles. The highest BCUT2D eigenvalue weighted by atomic mass is 32.2. The molecule has 2 N–H and O–H groups in total. The summed E-state index contributed by atoms with van der Waals surface area (Å²) < 4.78 is 24.2. The van der Waals surface area contributed by atoms with Crippen LogP contribution in [-0.4, -0.2) is 37.1 Å². The zero-order valence-corrected chi connectivity index (χ0v) is 11.5. The molecule has 1 aromatic rings. The Bertz CT molecular complexity index is 464. The van der Waals surface area contributed by atoms with Gasteiger partial charge in [0.05, 0.1) is 16.8 Å². The molecule has 18 heavy (non-hydrogen) atoms. The molecule has 0 aromatic heterocycles. The van der Waals surface area contributed by atoms with Gasteiger partial charge in [-0.1, -0.05) is 24.6 Å². The second-order valence-corrected chi connectivity index (χ2v) is 6.55. The number of hydrogen-bond acceptors (Lipinski definition) is 4. The molecule has 0 unspecified atom stereocenters. The highest BCUT2D eigenvalue weighted by molar-refractivity contribution is 7.91. The predicted octanol–water partition coefficient (Wildman–Crippen LogP) is 1.15. The van der Waals surface area contributed by atoms with Crippen molar-refractivity contribution in [2.24, 2.45) is 5.92 Å². The van der Waals surface area contributed by atoms with E-state index in [0.29, 0.717) is 6.42 Å². The van der Waals surface area contributed by atoms with Gasteiger partial charge in [-0.2, -0.15) is 0 Å². The topological polar surface area (TPSA) is 74.6 Å². The second kappa shape index (κ2) is 6.31. The third-order valence-electron chi connectivity index (χ3n) is 3.01. The maximum atomic E-state index is 12.1. The molecule has 0 aliphatic rings. The molecule has 0 aliphatic heterocycles. The van der Waals surface area contributed by atoms with E-state index in [2.05, 4.69) is 0 Å². The van der Waals surface area contributed by atoms with E-state index in [0.717, 1.165) is 5.56 Å². The molecule has 0 spiro atoms. The summed E-state index contributed by atoms with van der Waals surface area (Å²) in [7, 11) is -3.46. The van der Waals surface area contributed by atoms with Crippen molar-refractivity contribution in [3.8, 4) is 0 Å². The molecule has 4 nitrogen and oxygen atoms in total. The van der Waals surface area contributed by atoms with Gasteiger partial charge in [-0.25, -0.2) is 8.42 Å². The number of hydrogen-bond donors (Lipinski definition) is 2. The van der Waals surface area contributed by atoms with Crippen LogP contribution in [0.25, 0.3) is 0 Å². The minimum Gasteiger partial charge on any atom is -0.396 e. The normalized spacial score (nSPS) is 15.3. The number of sulfone groups is 1. The van der Waals surface area contributed by atoms with E-state index in [1.54, 1.807) is 31.2 Å². The fraction of sp³-hybridized carbons (Fsp3) is 0.538. The van der Waals surface area contributed by atoms with Gasteiger partial charge in [0, 0.05) is 12.5 Å². The van der Waals surface area contributed by atoms with E-state index >= 15 is 0 Å². The zero-order valence-electron chi connectivity index (χ0n) is 10.7. The molecule has 0 saturated heterocycles. The van der Waals surface area contributed by atoms with Crippen molar-refractivity contribution >= 4 is 9.84 Å². The van der Waals surface area contributed by atoms with Crippen LogP contribution >= 0.6 is 0 Å². The Labute approximate surface area is 108 Å². The molecular weight excluding hydrogens is 252 g/mol. The van der Waals surface area contributed by atoms with Crippen LogP contribution in [0.5, 0.6) is 0 Å². The Hall–Kier alpha value is -0.910. The summed E-state index contributed by atoms with van der Waals surface area (Å²) in [4.78, 5) is 0.231. The van der Waals surface area contributed by atoms with Gasteiger partial charge in [-0.15, -0.1) is 0 Å². The molecule has 0 amide bonds. The lowest BCUT2D eigenvalue weighted by Gasteiger charge is -2.19. The highest BCUT2D eigenvalue weighted by Gasteiger charge is 2.25. The Morgan fingerprint density at radius 2 is 1.78 bits per heavy atom. The molecule has 0 aliphatic carbocycles. The average Bonchev–Trinajstić information content (AvgIpc) is 2.35. The van der Waals surface area contributed by atoms with Crippen LogP contribution in [-0.2, 0) is 9.84 Å². The van der Waals surface area contributed by atoms with E-state index in [9.17, 15) is 13.5 Å². The summed E-state index contributed by atoms with van der Waals surface area (Å²) in [5.41, 5.74) is 0.987. The summed E-state index contributed by atoms with van der Waals surface area (Å²) in [5, 5.41) is 18.8. The summed E-state index contributed by atoms with van der Waals surface area (Å²) >= 11 is 0. The van der Waals surface area contributed by atoms with Crippen molar-refractivity contribution in [1.29, 1.82) is 0 Å². The first-order valence-electron chi connectivity index (χ1n) is 5.99. The Morgan fingerprint density at radius 1 is 1.22 bits per heavy atom. The van der Waals surface area contributed by atoms with Crippen LogP contribution in [0.3, 0.4) is 0 Å². The van der Waals surface area contributed by atoms with Crippen molar-refractivity contribution in [2.75, 3.05) is 12.4 Å². The Morgan fingerprint density at radius 3 is 2.22 bits per heavy atom. The summed E-state index contributed by atoms with van der Waals surface area (Å²) in [6.07, 6.45) is -0.371. The second-order valence-electron chi connectivity index (χ2n) is 4.51. The molecule has 0 saturated carbocycles. The minimum atomic E-state index is -3.46. The maximum Gasteiger partial charge on any atom is 0.178 e. The van der Waals surface area contributed by atoms with Crippen LogP contribution in [0.1, 0.15) is 18.9 Å². The van der Waals surface area contributed by atoms with Gasteiger partial charge >= 0.3 is 0 Å². The van der Waals surface area contributed by atoms with Gasteiger partial charge < -0.3 is 10.2 Å². The summed E-state index contributed by atoms with van der Waals surface area (Å²) in [5.74, 6) is -0.872. The Kier molecular flexibility index (Phi) is 5.31. The first kappa shape index (κ1) is 15.1. The smallest absolute Gasteiger partial charge is 0.178 e. The molecule has 5 heteroatoms. The van der Waals surface area contributed by atoms with Crippen molar-refractivity contribution in [1.82, 2.24) is 0 Å². The van der Waals surface area contributed by atoms with E-state index in [4.69, 9.17) is 5.11 Å². The summed E-state index contributed by atoms with van der Waals surface area (Å²) in [6, 6.07) is 6.57. The van der Waals surface area contributed by atoms with Gasteiger partial charge in [-0.3, -0.25) is 0 Å². The molecule has 0 bridgehead atoms. The van der Waals surface area contributed by atoms with Crippen molar-refractivity contribution in [3.63, 3.8) is 0 Å². The molecular formula is C13H20O4S. The van der Waals surface area contributed by atoms with Crippen LogP contribution in [0, 0.1) is 12.8 Å². The third-order valence-corrected chi connectivity index (χ3v) is 4.87. The van der Waals surface area contributed by atoms with Gasteiger partial charge in [0.15, 0.2) is 9.84 Å². The lowest BCUT2D eigenvalue weighted by Crippen LogP contribution is -2.30. The molecule has 0 radical (unpaired) electrons. The number of aliphatic hydroxyl groups excluding tert-OH is 2. The van der Waals surface area contributed by atoms with Gasteiger partial charge in [-0.05, 0) is 25.5 Å². The standard InChI is InChI=1S/C13H20O4S/c1-3-13(15)11(8-14)9-18(16,17)12-6-4-10(2)5-7-12/h4-7,11,13-15H,3,8-9H2,1-2H3/t11-,13-/m1/s1. The van der Waals surface area contributed by atoms with Gasteiger partial charge in [0.2, 0.25) is 0 Å². The van der Waals surface area contributed by atoms with Crippen LogP contribution in [0.4, 0.5) is 0 Å². The SMILES string of the molecule is CC[C@@H](O)[C@H](CO)CS(=O)(=O)c1ccc(C)cc1. The number of rotatable bonds is 6. The minimum absolute atomic E-state index is 0.231. The quantitative estimate of drug-likeness (QED) is 0.814. The molecule has 0 fully saturated rings. The van der Waals surface area contributed by atoms with Crippen LogP contribution < -0.4 is 0 Å². The first-order chi connectivity index (χ1) is 8.40. The van der Waals surface area contributed by atoms with Crippen LogP contribution in [0.2, 0.25) is 0 Å².